The Kier molecular flexibility index (Phi) is 4.40. The molecule has 0 aliphatic rings. The zero-order valence-corrected chi connectivity index (χ0v) is 12.5. The minimum atomic E-state index is 0.508. The average molecular weight is 310 g/mol. The van der Waals surface area contributed by atoms with Gasteiger partial charge in [-0.1, -0.05) is 29.8 Å². The van der Waals surface area contributed by atoms with Crippen molar-refractivity contribution < 1.29 is 0 Å². The monoisotopic (exact) mass is 309 g/mol. The van der Waals surface area contributed by atoms with E-state index in [0.717, 1.165) is 40.7 Å². The minimum absolute atomic E-state index is 0.508. The summed E-state index contributed by atoms with van der Waals surface area (Å²) in [7, 11) is 0. The Hall–Kier alpha value is -0.870. The molecule has 0 saturated carbocycles. The standard InChI is InChI=1S/C14H20BrN3/c1-9(2)5-10(8-16)6-14-17-12-4-3-11(15)7-13(12)18-14/h3-4,7,9-10H,5-6,8,16H2,1-2H3,(H,17,18). The largest absolute Gasteiger partial charge is 0.342 e. The van der Waals surface area contributed by atoms with Gasteiger partial charge in [-0.25, -0.2) is 4.98 Å². The van der Waals surface area contributed by atoms with Crippen LogP contribution >= 0.6 is 15.9 Å². The zero-order chi connectivity index (χ0) is 13.1. The van der Waals surface area contributed by atoms with Gasteiger partial charge in [0, 0.05) is 10.9 Å². The number of fused-ring (bicyclic) bond motifs is 1. The first-order valence-corrected chi connectivity index (χ1v) is 7.22. The number of rotatable bonds is 5. The van der Waals surface area contributed by atoms with Gasteiger partial charge in [-0.2, -0.15) is 0 Å². The molecule has 98 valence electrons. The van der Waals surface area contributed by atoms with Crippen molar-refractivity contribution >= 4 is 27.0 Å². The molecule has 3 N–H and O–H groups in total. The van der Waals surface area contributed by atoms with E-state index in [1.165, 1.54) is 0 Å². The second-order valence-corrected chi connectivity index (χ2v) is 6.20. The molecule has 18 heavy (non-hydrogen) atoms. The van der Waals surface area contributed by atoms with E-state index in [1.807, 2.05) is 12.1 Å². The van der Waals surface area contributed by atoms with E-state index in [9.17, 15) is 0 Å². The first-order valence-electron chi connectivity index (χ1n) is 6.42. The molecule has 0 spiro atoms. The van der Waals surface area contributed by atoms with Crippen molar-refractivity contribution in [1.82, 2.24) is 9.97 Å². The van der Waals surface area contributed by atoms with E-state index in [0.29, 0.717) is 11.8 Å². The highest BCUT2D eigenvalue weighted by Crippen LogP contribution is 2.20. The number of aromatic nitrogens is 2. The van der Waals surface area contributed by atoms with Gasteiger partial charge in [-0.3, -0.25) is 0 Å². The quantitative estimate of drug-likeness (QED) is 0.888. The van der Waals surface area contributed by atoms with Crippen LogP contribution in [0.15, 0.2) is 22.7 Å². The first-order chi connectivity index (χ1) is 8.58. The number of benzene rings is 1. The van der Waals surface area contributed by atoms with Gasteiger partial charge < -0.3 is 10.7 Å². The van der Waals surface area contributed by atoms with Crippen molar-refractivity contribution in [1.29, 1.82) is 0 Å². The number of H-pyrrole nitrogens is 1. The average Bonchev–Trinajstić information content (AvgIpc) is 2.68. The Morgan fingerprint density at radius 1 is 1.39 bits per heavy atom. The molecule has 1 aromatic carbocycles. The molecule has 1 heterocycles. The van der Waals surface area contributed by atoms with Crippen molar-refractivity contribution in [2.45, 2.75) is 26.7 Å². The van der Waals surface area contributed by atoms with Crippen LogP contribution < -0.4 is 5.73 Å². The van der Waals surface area contributed by atoms with Gasteiger partial charge in [-0.05, 0) is 43.0 Å². The van der Waals surface area contributed by atoms with Gasteiger partial charge in [-0.15, -0.1) is 0 Å². The molecule has 0 aliphatic carbocycles. The van der Waals surface area contributed by atoms with Crippen LogP contribution in [0.1, 0.15) is 26.1 Å². The fraction of sp³-hybridized carbons (Fsp3) is 0.500. The van der Waals surface area contributed by atoms with Gasteiger partial charge >= 0.3 is 0 Å². The topological polar surface area (TPSA) is 54.7 Å². The van der Waals surface area contributed by atoms with Gasteiger partial charge in [0.2, 0.25) is 0 Å². The first kappa shape index (κ1) is 13.6. The lowest BCUT2D eigenvalue weighted by molar-refractivity contribution is 0.410. The molecule has 2 aromatic rings. The van der Waals surface area contributed by atoms with Crippen molar-refractivity contribution in [3.63, 3.8) is 0 Å². The summed E-state index contributed by atoms with van der Waals surface area (Å²) in [6.45, 7) is 5.19. The van der Waals surface area contributed by atoms with Gasteiger partial charge in [0.1, 0.15) is 5.82 Å². The fourth-order valence-electron chi connectivity index (χ4n) is 2.33. The molecule has 2 rings (SSSR count). The van der Waals surface area contributed by atoms with Crippen LogP contribution in [0.4, 0.5) is 0 Å². The van der Waals surface area contributed by atoms with E-state index in [-0.39, 0.29) is 0 Å². The van der Waals surface area contributed by atoms with E-state index in [4.69, 9.17) is 5.73 Å². The summed E-state index contributed by atoms with van der Waals surface area (Å²) in [5.74, 6) is 2.23. The second-order valence-electron chi connectivity index (χ2n) is 5.28. The lowest BCUT2D eigenvalue weighted by Gasteiger charge is -2.15. The third-order valence-corrected chi connectivity index (χ3v) is 3.61. The highest BCUT2D eigenvalue weighted by Gasteiger charge is 2.12. The molecule has 0 aliphatic heterocycles. The van der Waals surface area contributed by atoms with Crippen LogP contribution in [-0.4, -0.2) is 16.5 Å². The van der Waals surface area contributed by atoms with Crippen LogP contribution in [0.5, 0.6) is 0 Å². The normalized spacial score (nSPS) is 13.4. The molecule has 0 fully saturated rings. The maximum absolute atomic E-state index is 5.84. The summed E-state index contributed by atoms with van der Waals surface area (Å²) in [4.78, 5) is 7.99. The smallest absolute Gasteiger partial charge is 0.107 e. The SMILES string of the molecule is CC(C)CC(CN)Cc1nc2ccc(Br)cc2[nH]1. The zero-order valence-electron chi connectivity index (χ0n) is 10.9. The predicted octanol–water partition coefficient (Wildman–Crippen LogP) is 3.49. The summed E-state index contributed by atoms with van der Waals surface area (Å²) in [6, 6.07) is 6.10. The van der Waals surface area contributed by atoms with Crippen LogP contribution in [0.2, 0.25) is 0 Å². The number of nitrogens with two attached hydrogens (primary N) is 1. The lowest BCUT2D eigenvalue weighted by Crippen LogP contribution is -2.19. The second kappa shape index (κ2) is 5.85. The molecule has 3 nitrogen and oxygen atoms in total. The highest BCUT2D eigenvalue weighted by molar-refractivity contribution is 9.10. The summed E-state index contributed by atoms with van der Waals surface area (Å²) in [5, 5.41) is 0. The number of imidazole rings is 1. The molecule has 1 aromatic heterocycles. The Labute approximate surface area is 116 Å². The van der Waals surface area contributed by atoms with Gasteiger partial charge in [0.25, 0.3) is 0 Å². The summed E-state index contributed by atoms with van der Waals surface area (Å²) in [5.41, 5.74) is 7.94. The number of nitrogens with zero attached hydrogens (tertiary/aromatic N) is 1. The third-order valence-electron chi connectivity index (χ3n) is 3.11. The van der Waals surface area contributed by atoms with Crippen molar-refractivity contribution in [3.05, 3.63) is 28.5 Å². The number of halogens is 1. The molecular weight excluding hydrogens is 290 g/mol. The Morgan fingerprint density at radius 3 is 2.83 bits per heavy atom. The van der Waals surface area contributed by atoms with Crippen LogP contribution in [0, 0.1) is 11.8 Å². The van der Waals surface area contributed by atoms with E-state index in [2.05, 4.69) is 45.8 Å². The third kappa shape index (κ3) is 3.33. The molecule has 0 radical (unpaired) electrons. The van der Waals surface area contributed by atoms with Gasteiger partial charge in [0.15, 0.2) is 0 Å². The number of nitrogens with one attached hydrogen (secondary N) is 1. The van der Waals surface area contributed by atoms with E-state index < -0.39 is 0 Å². The maximum Gasteiger partial charge on any atom is 0.107 e. The molecule has 1 atom stereocenters. The Bertz CT molecular complexity index is 519. The highest BCUT2D eigenvalue weighted by atomic mass is 79.9. The molecular formula is C14H20BrN3. The van der Waals surface area contributed by atoms with Crippen LogP contribution in [0.25, 0.3) is 11.0 Å². The molecule has 0 amide bonds. The van der Waals surface area contributed by atoms with E-state index >= 15 is 0 Å². The minimum Gasteiger partial charge on any atom is -0.342 e. The van der Waals surface area contributed by atoms with Crippen molar-refractivity contribution in [3.8, 4) is 0 Å². The molecule has 0 bridgehead atoms. The summed E-state index contributed by atoms with van der Waals surface area (Å²) < 4.78 is 1.07. The summed E-state index contributed by atoms with van der Waals surface area (Å²) >= 11 is 3.47. The number of hydrogen-bond donors (Lipinski definition) is 2. The van der Waals surface area contributed by atoms with Crippen LogP contribution in [-0.2, 0) is 6.42 Å². The molecule has 4 heteroatoms. The molecule has 0 saturated heterocycles. The number of hydrogen-bond acceptors (Lipinski definition) is 2. The fourth-order valence-corrected chi connectivity index (χ4v) is 2.70. The Morgan fingerprint density at radius 2 is 2.17 bits per heavy atom. The van der Waals surface area contributed by atoms with Crippen LogP contribution in [0.3, 0.4) is 0 Å². The predicted molar refractivity (Wildman–Crippen MR) is 79.5 cm³/mol. The van der Waals surface area contributed by atoms with Crippen molar-refractivity contribution in [2.75, 3.05) is 6.54 Å². The van der Waals surface area contributed by atoms with Crippen molar-refractivity contribution in [2.24, 2.45) is 17.6 Å². The van der Waals surface area contributed by atoms with Gasteiger partial charge in [0.05, 0.1) is 11.0 Å². The van der Waals surface area contributed by atoms with E-state index in [1.54, 1.807) is 0 Å². The molecule has 1 unspecified atom stereocenters. The summed E-state index contributed by atoms with van der Waals surface area (Å²) in [6.07, 6.45) is 2.08. The maximum atomic E-state index is 5.84. The lowest BCUT2D eigenvalue weighted by atomic mass is 9.94. The Balaban J connectivity index is 2.15. The number of aromatic amines is 1.